The molecule has 0 unspecified atom stereocenters. The van der Waals surface area contributed by atoms with E-state index in [1.807, 2.05) is 0 Å². The lowest BCUT2D eigenvalue weighted by atomic mass is 10.1. The van der Waals surface area contributed by atoms with E-state index in [2.05, 4.69) is 4.99 Å². The monoisotopic (exact) mass is 211 g/mol. The molecule has 0 fully saturated rings. The molecule has 0 aliphatic heterocycles. The van der Waals surface area contributed by atoms with Crippen molar-refractivity contribution in [1.29, 1.82) is 0 Å². The Morgan fingerprint density at radius 3 is 2.27 bits per heavy atom. The van der Waals surface area contributed by atoms with Gasteiger partial charge in [0, 0.05) is 12.1 Å². The van der Waals surface area contributed by atoms with Gasteiger partial charge in [0.1, 0.15) is 17.3 Å². The number of hydrogen-bond donors (Lipinski definition) is 0. The van der Waals surface area contributed by atoms with Gasteiger partial charge in [-0.2, -0.15) is 0 Å². The molecule has 5 heteroatoms. The van der Waals surface area contributed by atoms with Crippen molar-refractivity contribution in [2.45, 2.75) is 6.54 Å². The number of isocyanates is 1. The first-order valence-electron chi connectivity index (χ1n) is 4.17. The minimum absolute atomic E-state index is 0.0517. The van der Waals surface area contributed by atoms with Crippen molar-refractivity contribution in [3.05, 3.63) is 23.5 Å². The van der Waals surface area contributed by atoms with Crippen molar-refractivity contribution in [2.24, 2.45) is 4.99 Å². The molecule has 0 amide bonds. The normalized spacial score (nSPS) is 9.27. The Morgan fingerprint density at radius 1 is 1.33 bits per heavy atom. The van der Waals surface area contributed by atoms with Crippen LogP contribution in [0.2, 0.25) is 0 Å². The molecule has 0 bridgehead atoms. The summed E-state index contributed by atoms with van der Waals surface area (Å²) in [7, 11) is 2.81. The Balaban J connectivity index is 3.23. The lowest BCUT2D eigenvalue weighted by Crippen LogP contribution is -1.97. The van der Waals surface area contributed by atoms with E-state index in [1.54, 1.807) is 0 Å². The van der Waals surface area contributed by atoms with Gasteiger partial charge in [0.25, 0.3) is 0 Å². The lowest BCUT2D eigenvalue weighted by Gasteiger charge is -2.10. The summed E-state index contributed by atoms with van der Waals surface area (Å²) in [6, 6.07) is 2.41. The maximum atomic E-state index is 13.0. The summed E-state index contributed by atoms with van der Waals surface area (Å²) >= 11 is 0. The van der Waals surface area contributed by atoms with Crippen LogP contribution in [0, 0.1) is 5.82 Å². The molecular weight excluding hydrogens is 201 g/mol. The minimum Gasteiger partial charge on any atom is -0.496 e. The number of carbonyl (C=O) groups excluding carboxylic acids is 1. The highest BCUT2D eigenvalue weighted by atomic mass is 19.1. The number of benzene rings is 1. The van der Waals surface area contributed by atoms with Crippen molar-refractivity contribution in [3.63, 3.8) is 0 Å². The SMILES string of the molecule is COc1cc(F)cc(OC)c1CN=C=O. The van der Waals surface area contributed by atoms with E-state index in [9.17, 15) is 9.18 Å². The van der Waals surface area contributed by atoms with E-state index in [4.69, 9.17) is 9.47 Å². The fourth-order valence-corrected chi connectivity index (χ4v) is 1.22. The Bertz CT molecular complexity index is 375. The fraction of sp³-hybridized carbons (Fsp3) is 0.300. The van der Waals surface area contributed by atoms with E-state index in [1.165, 1.54) is 32.4 Å². The first-order valence-corrected chi connectivity index (χ1v) is 4.17. The van der Waals surface area contributed by atoms with Crippen molar-refractivity contribution in [1.82, 2.24) is 0 Å². The minimum atomic E-state index is -0.470. The van der Waals surface area contributed by atoms with E-state index in [0.29, 0.717) is 17.1 Å². The summed E-state index contributed by atoms with van der Waals surface area (Å²) in [4.78, 5) is 13.4. The summed E-state index contributed by atoms with van der Waals surface area (Å²) in [6.07, 6.45) is 1.40. The molecule has 0 aliphatic rings. The molecule has 1 aromatic carbocycles. The van der Waals surface area contributed by atoms with Gasteiger partial charge in [0.15, 0.2) is 0 Å². The maximum absolute atomic E-state index is 13.0. The zero-order valence-corrected chi connectivity index (χ0v) is 8.41. The van der Waals surface area contributed by atoms with Gasteiger partial charge in [-0.05, 0) is 0 Å². The smallest absolute Gasteiger partial charge is 0.235 e. The van der Waals surface area contributed by atoms with Gasteiger partial charge in [-0.3, -0.25) is 0 Å². The second-order valence-electron chi connectivity index (χ2n) is 2.70. The van der Waals surface area contributed by atoms with Crippen LogP contribution in [0.5, 0.6) is 11.5 Å². The predicted octanol–water partition coefficient (Wildman–Crippen LogP) is 1.68. The number of methoxy groups -OCH3 is 2. The summed E-state index contributed by atoms with van der Waals surface area (Å²) in [5.41, 5.74) is 0.518. The molecule has 0 N–H and O–H groups in total. The zero-order chi connectivity index (χ0) is 11.3. The molecule has 0 aromatic heterocycles. The number of halogens is 1. The van der Waals surface area contributed by atoms with Gasteiger partial charge in [0.05, 0.1) is 26.3 Å². The molecule has 4 nitrogen and oxygen atoms in total. The van der Waals surface area contributed by atoms with Gasteiger partial charge in [-0.1, -0.05) is 0 Å². The molecule has 15 heavy (non-hydrogen) atoms. The molecule has 1 aromatic rings. The summed E-state index contributed by atoms with van der Waals surface area (Å²) < 4.78 is 22.9. The first-order chi connectivity index (χ1) is 7.22. The third kappa shape index (κ3) is 2.54. The summed E-state index contributed by atoms with van der Waals surface area (Å²) in [5, 5.41) is 0. The molecule has 0 heterocycles. The van der Waals surface area contributed by atoms with Crippen molar-refractivity contribution in [3.8, 4) is 11.5 Å². The molecule has 0 atom stereocenters. The van der Waals surface area contributed by atoms with Gasteiger partial charge >= 0.3 is 0 Å². The third-order valence-corrected chi connectivity index (χ3v) is 1.87. The van der Waals surface area contributed by atoms with Gasteiger partial charge in [-0.25, -0.2) is 14.2 Å². The molecule has 0 radical (unpaired) electrons. The van der Waals surface area contributed by atoms with Crippen LogP contribution in [0.1, 0.15) is 5.56 Å². The second-order valence-corrected chi connectivity index (χ2v) is 2.70. The Morgan fingerprint density at radius 2 is 1.87 bits per heavy atom. The summed E-state index contributed by atoms with van der Waals surface area (Å²) in [6.45, 7) is 0.0517. The molecule has 0 saturated heterocycles. The third-order valence-electron chi connectivity index (χ3n) is 1.87. The van der Waals surface area contributed by atoms with Crippen LogP contribution >= 0.6 is 0 Å². The molecule has 1 rings (SSSR count). The van der Waals surface area contributed by atoms with Crippen molar-refractivity contribution >= 4 is 6.08 Å². The molecule has 0 spiro atoms. The molecular formula is C10H10FNO3. The predicted molar refractivity (Wildman–Crippen MR) is 51.3 cm³/mol. The first kappa shape index (κ1) is 11.2. The highest BCUT2D eigenvalue weighted by Gasteiger charge is 2.11. The highest BCUT2D eigenvalue weighted by molar-refractivity contribution is 5.46. The average Bonchev–Trinajstić information content (AvgIpc) is 2.26. The largest absolute Gasteiger partial charge is 0.496 e. The average molecular weight is 211 g/mol. The number of aliphatic imine (C=N–C) groups is 1. The number of rotatable bonds is 4. The molecule has 0 saturated carbocycles. The van der Waals surface area contributed by atoms with Crippen LogP contribution in [-0.2, 0) is 11.3 Å². The Hall–Kier alpha value is -1.87. The van der Waals surface area contributed by atoms with E-state index in [0.717, 1.165) is 0 Å². The van der Waals surface area contributed by atoms with Crippen molar-refractivity contribution in [2.75, 3.05) is 14.2 Å². The van der Waals surface area contributed by atoms with Crippen molar-refractivity contribution < 1.29 is 18.7 Å². The molecule has 0 aliphatic carbocycles. The van der Waals surface area contributed by atoms with Crippen LogP contribution in [0.4, 0.5) is 4.39 Å². The second kappa shape index (κ2) is 5.12. The summed E-state index contributed by atoms with van der Waals surface area (Å²) in [5.74, 6) is 0.124. The number of ether oxygens (including phenoxy) is 2. The topological polar surface area (TPSA) is 47.9 Å². The van der Waals surface area contributed by atoms with Crippen LogP contribution in [-0.4, -0.2) is 20.3 Å². The van der Waals surface area contributed by atoms with E-state index in [-0.39, 0.29) is 6.54 Å². The van der Waals surface area contributed by atoms with Gasteiger partial charge < -0.3 is 9.47 Å². The van der Waals surface area contributed by atoms with Gasteiger partial charge in [-0.15, -0.1) is 0 Å². The Kier molecular flexibility index (Phi) is 3.83. The number of hydrogen-bond acceptors (Lipinski definition) is 4. The van der Waals surface area contributed by atoms with Crippen LogP contribution < -0.4 is 9.47 Å². The maximum Gasteiger partial charge on any atom is 0.235 e. The quantitative estimate of drug-likeness (QED) is 0.562. The van der Waals surface area contributed by atoms with Crippen LogP contribution in [0.25, 0.3) is 0 Å². The van der Waals surface area contributed by atoms with E-state index < -0.39 is 5.82 Å². The number of nitrogens with zero attached hydrogens (tertiary/aromatic N) is 1. The zero-order valence-electron chi connectivity index (χ0n) is 8.41. The molecule has 80 valence electrons. The Labute approximate surface area is 86.3 Å². The standard InChI is InChI=1S/C10H10FNO3/c1-14-9-3-7(11)4-10(15-2)8(9)5-12-6-13/h3-4H,5H2,1-2H3. The van der Waals surface area contributed by atoms with Crippen LogP contribution in [0.3, 0.4) is 0 Å². The van der Waals surface area contributed by atoms with E-state index >= 15 is 0 Å². The van der Waals surface area contributed by atoms with Crippen LogP contribution in [0.15, 0.2) is 17.1 Å². The van der Waals surface area contributed by atoms with Gasteiger partial charge in [0.2, 0.25) is 6.08 Å². The fourth-order valence-electron chi connectivity index (χ4n) is 1.22. The highest BCUT2D eigenvalue weighted by Crippen LogP contribution is 2.30. The lowest BCUT2D eigenvalue weighted by molar-refractivity contribution is 0.380.